The number of hydrogen-bond acceptors (Lipinski definition) is 3. The maximum absolute atomic E-state index is 6.10. The van der Waals surface area contributed by atoms with E-state index >= 15 is 0 Å². The second-order valence-electron chi connectivity index (χ2n) is 3.91. The largest absolute Gasteiger partial charge is 0.334 e. The lowest BCUT2D eigenvalue weighted by molar-refractivity contribution is 0.432. The summed E-state index contributed by atoms with van der Waals surface area (Å²) >= 11 is 11.9. The SMILES string of the molecule is Clc1ccc(-c2nc(-c3ccccc3Cl)no2)cc1. The molecule has 19 heavy (non-hydrogen) atoms. The lowest BCUT2D eigenvalue weighted by Crippen LogP contribution is -1.82. The number of nitrogens with zero attached hydrogens (tertiary/aromatic N) is 2. The molecule has 0 aliphatic carbocycles. The van der Waals surface area contributed by atoms with E-state index in [0.717, 1.165) is 11.1 Å². The van der Waals surface area contributed by atoms with Crippen LogP contribution in [0.4, 0.5) is 0 Å². The molecule has 0 bridgehead atoms. The van der Waals surface area contributed by atoms with E-state index in [4.69, 9.17) is 27.7 Å². The Morgan fingerprint density at radius 3 is 2.37 bits per heavy atom. The average molecular weight is 291 g/mol. The number of aromatic nitrogens is 2. The molecule has 0 atom stereocenters. The number of hydrogen-bond donors (Lipinski definition) is 0. The summed E-state index contributed by atoms with van der Waals surface area (Å²) in [5, 5.41) is 5.19. The summed E-state index contributed by atoms with van der Waals surface area (Å²) in [7, 11) is 0. The molecule has 0 saturated heterocycles. The molecule has 0 fully saturated rings. The van der Waals surface area contributed by atoms with Gasteiger partial charge >= 0.3 is 0 Å². The highest BCUT2D eigenvalue weighted by molar-refractivity contribution is 6.33. The maximum Gasteiger partial charge on any atom is 0.258 e. The van der Waals surface area contributed by atoms with Crippen molar-refractivity contribution in [2.24, 2.45) is 0 Å². The zero-order chi connectivity index (χ0) is 13.2. The van der Waals surface area contributed by atoms with Crippen molar-refractivity contribution in [1.29, 1.82) is 0 Å². The van der Waals surface area contributed by atoms with Gasteiger partial charge in [0.15, 0.2) is 0 Å². The fourth-order valence-electron chi connectivity index (χ4n) is 1.69. The first-order valence-corrected chi connectivity index (χ1v) is 6.34. The van der Waals surface area contributed by atoms with Crippen LogP contribution in [0.5, 0.6) is 0 Å². The van der Waals surface area contributed by atoms with E-state index < -0.39 is 0 Å². The summed E-state index contributed by atoms with van der Waals surface area (Å²) in [4.78, 5) is 4.34. The van der Waals surface area contributed by atoms with Gasteiger partial charge in [0.2, 0.25) is 5.82 Å². The van der Waals surface area contributed by atoms with E-state index in [-0.39, 0.29) is 0 Å². The van der Waals surface area contributed by atoms with Gasteiger partial charge in [-0.15, -0.1) is 0 Å². The highest BCUT2D eigenvalue weighted by atomic mass is 35.5. The number of halogens is 2. The van der Waals surface area contributed by atoms with Gasteiger partial charge < -0.3 is 4.52 Å². The average Bonchev–Trinajstić information content (AvgIpc) is 2.89. The van der Waals surface area contributed by atoms with E-state index in [2.05, 4.69) is 10.1 Å². The Balaban J connectivity index is 2.00. The molecule has 5 heteroatoms. The quantitative estimate of drug-likeness (QED) is 0.686. The molecule has 0 radical (unpaired) electrons. The van der Waals surface area contributed by atoms with E-state index in [1.165, 1.54) is 0 Å². The van der Waals surface area contributed by atoms with E-state index in [1.54, 1.807) is 18.2 Å². The van der Waals surface area contributed by atoms with Crippen LogP contribution in [0.15, 0.2) is 53.1 Å². The molecule has 0 aliphatic rings. The minimum atomic E-state index is 0.437. The van der Waals surface area contributed by atoms with Crippen molar-refractivity contribution in [3.8, 4) is 22.8 Å². The third kappa shape index (κ3) is 2.48. The van der Waals surface area contributed by atoms with Crippen molar-refractivity contribution in [3.05, 3.63) is 58.6 Å². The van der Waals surface area contributed by atoms with Gasteiger partial charge in [-0.1, -0.05) is 40.5 Å². The predicted molar refractivity (Wildman–Crippen MR) is 75.2 cm³/mol. The van der Waals surface area contributed by atoms with Gasteiger partial charge in [0.25, 0.3) is 5.89 Å². The first-order chi connectivity index (χ1) is 9.24. The standard InChI is InChI=1S/C14H8Cl2N2O/c15-10-7-5-9(6-8-10)14-17-13(18-19-14)11-3-1-2-4-12(11)16/h1-8H. The van der Waals surface area contributed by atoms with Crippen LogP contribution >= 0.6 is 23.2 Å². The molecule has 0 spiro atoms. The molecule has 0 aliphatic heterocycles. The monoisotopic (exact) mass is 290 g/mol. The minimum absolute atomic E-state index is 0.437. The molecule has 3 nitrogen and oxygen atoms in total. The van der Waals surface area contributed by atoms with E-state index in [1.807, 2.05) is 30.3 Å². The van der Waals surface area contributed by atoms with Crippen LogP contribution in [0, 0.1) is 0 Å². The lowest BCUT2D eigenvalue weighted by atomic mass is 10.2. The Kier molecular flexibility index (Phi) is 3.23. The molecule has 0 N–H and O–H groups in total. The van der Waals surface area contributed by atoms with Crippen molar-refractivity contribution in [2.45, 2.75) is 0 Å². The number of benzene rings is 2. The molecule has 0 amide bonds. The first-order valence-electron chi connectivity index (χ1n) is 5.58. The molecule has 0 unspecified atom stereocenters. The summed E-state index contributed by atoms with van der Waals surface area (Å²) in [6, 6.07) is 14.6. The van der Waals surface area contributed by atoms with Crippen LogP contribution in [0.2, 0.25) is 10.0 Å². The van der Waals surface area contributed by atoms with Gasteiger partial charge in [-0.25, -0.2) is 0 Å². The van der Waals surface area contributed by atoms with Gasteiger partial charge in [0, 0.05) is 16.1 Å². The summed E-state index contributed by atoms with van der Waals surface area (Å²) < 4.78 is 5.24. The summed E-state index contributed by atoms with van der Waals surface area (Å²) in [6.45, 7) is 0. The van der Waals surface area contributed by atoms with Gasteiger partial charge in [0.05, 0.1) is 5.02 Å². The Bertz CT molecular complexity index is 707. The number of rotatable bonds is 2. The molecular weight excluding hydrogens is 283 g/mol. The third-order valence-electron chi connectivity index (χ3n) is 2.63. The summed E-state index contributed by atoms with van der Waals surface area (Å²) in [5.74, 6) is 0.905. The molecule has 3 rings (SSSR count). The highest BCUT2D eigenvalue weighted by Crippen LogP contribution is 2.27. The second kappa shape index (κ2) is 5.03. The van der Waals surface area contributed by atoms with Crippen LogP contribution in [-0.4, -0.2) is 10.1 Å². The van der Waals surface area contributed by atoms with Crippen molar-refractivity contribution in [3.63, 3.8) is 0 Å². The van der Waals surface area contributed by atoms with Gasteiger partial charge in [0.1, 0.15) is 0 Å². The van der Waals surface area contributed by atoms with E-state index in [9.17, 15) is 0 Å². The fourth-order valence-corrected chi connectivity index (χ4v) is 2.03. The molecule has 94 valence electrons. The summed E-state index contributed by atoms with van der Waals surface area (Å²) in [5.41, 5.74) is 1.56. The Morgan fingerprint density at radius 1 is 0.895 bits per heavy atom. The third-order valence-corrected chi connectivity index (χ3v) is 3.21. The fraction of sp³-hybridized carbons (Fsp3) is 0. The highest BCUT2D eigenvalue weighted by Gasteiger charge is 2.12. The topological polar surface area (TPSA) is 38.9 Å². The Labute approximate surface area is 119 Å². The van der Waals surface area contributed by atoms with Crippen LogP contribution in [0.3, 0.4) is 0 Å². The molecule has 1 heterocycles. The van der Waals surface area contributed by atoms with Gasteiger partial charge in [-0.2, -0.15) is 4.98 Å². The molecule has 3 aromatic rings. The van der Waals surface area contributed by atoms with Gasteiger partial charge in [-0.05, 0) is 36.4 Å². The van der Waals surface area contributed by atoms with Crippen LogP contribution in [-0.2, 0) is 0 Å². The molecule has 2 aromatic carbocycles. The van der Waals surface area contributed by atoms with Crippen molar-refractivity contribution < 1.29 is 4.52 Å². The minimum Gasteiger partial charge on any atom is -0.334 e. The van der Waals surface area contributed by atoms with Gasteiger partial charge in [-0.3, -0.25) is 0 Å². The van der Waals surface area contributed by atoms with Crippen molar-refractivity contribution in [1.82, 2.24) is 10.1 Å². The van der Waals surface area contributed by atoms with Crippen LogP contribution in [0.1, 0.15) is 0 Å². The summed E-state index contributed by atoms with van der Waals surface area (Å²) in [6.07, 6.45) is 0. The lowest BCUT2D eigenvalue weighted by Gasteiger charge is -1.96. The Morgan fingerprint density at radius 2 is 1.63 bits per heavy atom. The molecule has 1 aromatic heterocycles. The Hall–Kier alpha value is -1.84. The van der Waals surface area contributed by atoms with Crippen molar-refractivity contribution in [2.75, 3.05) is 0 Å². The van der Waals surface area contributed by atoms with Crippen LogP contribution < -0.4 is 0 Å². The molecule has 0 saturated carbocycles. The molecular formula is C14H8Cl2N2O. The zero-order valence-electron chi connectivity index (χ0n) is 9.68. The normalized spacial score (nSPS) is 10.6. The predicted octanol–water partition coefficient (Wildman–Crippen LogP) is 4.71. The first kappa shape index (κ1) is 12.2. The smallest absolute Gasteiger partial charge is 0.258 e. The van der Waals surface area contributed by atoms with Crippen LogP contribution in [0.25, 0.3) is 22.8 Å². The second-order valence-corrected chi connectivity index (χ2v) is 4.75. The van der Waals surface area contributed by atoms with Crippen molar-refractivity contribution >= 4 is 23.2 Å². The maximum atomic E-state index is 6.10. The van der Waals surface area contributed by atoms with E-state index in [0.29, 0.717) is 21.8 Å². The zero-order valence-corrected chi connectivity index (χ0v) is 11.2.